The van der Waals surface area contributed by atoms with Crippen LogP contribution in [-0.2, 0) is 4.79 Å². The van der Waals surface area contributed by atoms with Crippen molar-refractivity contribution in [2.24, 2.45) is 0 Å². The van der Waals surface area contributed by atoms with Crippen LogP contribution in [0.1, 0.15) is 24.8 Å². The normalized spacial score (nSPS) is 20.5. The lowest BCUT2D eigenvalue weighted by Gasteiger charge is -2.27. The van der Waals surface area contributed by atoms with Crippen molar-refractivity contribution >= 4 is 34.7 Å². The van der Waals surface area contributed by atoms with Crippen molar-refractivity contribution in [3.8, 4) is 0 Å². The lowest BCUT2D eigenvalue weighted by Crippen LogP contribution is -2.39. The van der Waals surface area contributed by atoms with E-state index >= 15 is 0 Å². The van der Waals surface area contributed by atoms with Crippen molar-refractivity contribution in [2.75, 3.05) is 26.2 Å². The Balaban J connectivity index is 1.64. The molecule has 0 aromatic heterocycles. The van der Waals surface area contributed by atoms with Gasteiger partial charge in [-0.1, -0.05) is 6.42 Å². The van der Waals surface area contributed by atoms with Gasteiger partial charge in [0, 0.05) is 25.2 Å². The number of nitrogens with zero attached hydrogens (tertiary/aromatic N) is 3. The van der Waals surface area contributed by atoms with Crippen LogP contribution in [-0.4, -0.2) is 52.0 Å². The average molecular weight is 361 g/mol. The molecule has 0 aliphatic carbocycles. The van der Waals surface area contributed by atoms with Gasteiger partial charge in [0.25, 0.3) is 16.8 Å². The maximum absolute atomic E-state index is 12.5. The number of hydrogen-bond acceptors (Lipinski definition) is 6. The first-order valence-electron chi connectivity index (χ1n) is 8.27. The van der Waals surface area contributed by atoms with Crippen molar-refractivity contribution in [1.29, 1.82) is 0 Å². The predicted molar refractivity (Wildman–Crippen MR) is 96.1 cm³/mol. The van der Waals surface area contributed by atoms with Crippen LogP contribution in [0, 0.1) is 10.1 Å². The molecule has 2 aliphatic heterocycles. The Labute approximate surface area is 149 Å². The van der Waals surface area contributed by atoms with Crippen molar-refractivity contribution < 1.29 is 14.5 Å². The summed E-state index contributed by atoms with van der Waals surface area (Å²) in [7, 11) is 0. The maximum Gasteiger partial charge on any atom is 0.293 e. The number of rotatable bonds is 5. The summed E-state index contributed by atoms with van der Waals surface area (Å²) in [6.07, 6.45) is 5.19. The largest absolute Gasteiger partial charge is 0.302 e. The van der Waals surface area contributed by atoms with Crippen LogP contribution in [0.4, 0.5) is 10.5 Å². The first kappa shape index (κ1) is 17.6. The third-order valence-corrected chi connectivity index (χ3v) is 5.27. The number of nitro benzene ring substituents is 1. The van der Waals surface area contributed by atoms with Gasteiger partial charge in [0.15, 0.2) is 0 Å². The number of piperidine rings is 1. The summed E-state index contributed by atoms with van der Waals surface area (Å²) in [4.78, 5) is 38.7. The molecule has 0 saturated carbocycles. The van der Waals surface area contributed by atoms with Crippen LogP contribution in [0.25, 0.3) is 6.08 Å². The number of benzene rings is 1. The molecule has 2 heterocycles. The van der Waals surface area contributed by atoms with E-state index in [9.17, 15) is 19.7 Å². The molecule has 1 aromatic rings. The molecule has 2 saturated heterocycles. The number of carbonyl (C=O) groups excluding carboxylic acids is 2. The molecule has 7 nitrogen and oxygen atoms in total. The molecular weight excluding hydrogens is 342 g/mol. The first-order chi connectivity index (χ1) is 12.0. The molecule has 132 valence electrons. The topological polar surface area (TPSA) is 83.8 Å². The second kappa shape index (κ2) is 7.79. The fraction of sp³-hybridized carbons (Fsp3) is 0.412. The molecule has 0 N–H and O–H groups in total. The van der Waals surface area contributed by atoms with Gasteiger partial charge in [0.2, 0.25) is 0 Å². The molecule has 2 amide bonds. The highest BCUT2D eigenvalue weighted by atomic mass is 32.2. The second-order valence-corrected chi connectivity index (χ2v) is 7.08. The molecule has 0 bridgehead atoms. The van der Waals surface area contributed by atoms with E-state index in [1.807, 2.05) is 0 Å². The number of carbonyl (C=O) groups is 2. The van der Waals surface area contributed by atoms with E-state index in [2.05, 4.69) is 4.90 Å². The minimum Gasteiger partial charge on any atom is -0.302 e. The second-order valence-electron chi connectivity index (χ2n) is 6.08. The summed E-state index contributed by atoms with van der Waals surface area (Å²) in [5.74, 6) is -0.287. The van der Waals surface area contributed by atoms with E-state index < -0.39 is 4.92 Å². The molecular formula is C17H19N3O4S. The van der Waals surface area contributed by atoms with Gasteiger partial charge in [-0.2, -0.15) is 0 Å². The number of imide groups is 1. The number of likely N-dealkylation sites (tertiary alicyclic amines) is 1. The zero-order chi connectivity index (χ0) is 17.8. The Morgan fingerprint density at radius 2 is 1.76 bits per heavy atom. The lowest BCUT2D eigenvalue weighted by molar-refractivity contribution is -0.384. The SMILES string of the molecule is O=C1S/C(=C\c2ccc([N+](=O)[O-])cc2)C(=O)N1CCN1CCCCC1. The van der Waals surface area contributed by atoms with Crippen molar-refractivity contribution in [1.82, 2.24) is 9.80 Å². The summed E-state index contributed by atoms with van der Waals surface area (Å²) in [5, 5.41) is 10.4. The van der Waals surface area contributed by atoms with Gasteiger partial charge in [0.1, 0.15) is 0 Å². The third kappa shape index (κ3) is 4.26. The van der Waals surface area contributed by atoms with Crippen molar-refractivity contribution in [3.05, 3.63) is 44.8 Å². The molecule has 0 spiro atoms. The number of non-ortho nitro benzene ring substituents is 1. The summed E-state index contributed by atoms with van der Waals surface area (Å²) < 4.78 is 0. The number of hydrogen-bond donors (Lipinski definition) is 0. The van der Waals surface area contributed by atoms with E-state index in [1.165, 1.54) is 36.3 Å². The molecule has 1 aromatic carbocycles. The van der Waals surface area contributed by atoms with E-state index in [-0.39, 0.29) is 16.8 Å². The van der Waals surface area contributed by atoms with Gasteiger partial charge in [-0.15, -0.1) is 0 Å². The van der Waals surface area contributed by atoms with Gasteiger partial charge in [0.05, 0.1) is 9.83 Å². The van der Waals surface area contributed by atoms with Crippen LogP contribution in [0.2, 0.25) is 0 Å². The Morgan fingerprint density at radius 3 is 2.40 bits per heavy atom. The smallest absolute Gasteiger partial charge is 0.293 e. The molecule has 0 radical (unpaired) electrons. The molecule has 8 heteroatoms. The van der Waals surface area contributed by atoms with Gasteiger partial charge in [-0.3, -0.25) is 24.6 Å². The third-order valence-electron chi connectivity index (χ3n) is 4.36. The monoisotopic (exact) mass is 361 g/mol. The molecule has 0 atom stereocenters. The lowest BCUT2D eigenvalue weighted by atomic mass is 10.1. The van der Waals surface area contributed by atoms with E-state index in [0.29, 0.717) is 23.6 Å². The number of thioether (sulfide) groups is 1. The van der Waals surface area contributed by atoms with Crippen molar-refractivity contribution in [3.63, 3.8) is 0 Å². The quantitative estimate of drug-likeness (QED) is 0.455. The Bertz CT molecular complexity index is 711. The summed E-state index contributed by atoms with van der Waals surface area (Å²) in [5.41, 5.74) is 0.652. The van der Waals surface area contributed by atoms with Gasteiger partial charge >= 0.3 is 0 Å². The molecule has 25 heavy (non-hydrogen) atoms. The van der Waals surface area contributed by atoms with Crippen molar-refractivity contribution in [2.45, 2.75) is 19.3 Å². The number of nitro groups is 1. The van der Waals surface area contributed by atoms with Crippen LogP contribution in [0.3, 0.4) is 0 Å². The molecule has 2 aliphatic rings. The number of amides is 2. The zero-order valence-corrected chi connectivity index (χ0v) is 14.5. The predicted octanol–water partition coefficient (Wildman–Crippen LogP) is 3.12. The zero-order valence-electron chi connectivity index (χ0n) is 13.7. The van der Waals surface area contributed by atoms with Crippen LogP contribution < -0.4 is 0 Å². The maximum atomic E-state index is 12.5. The Kier molecular flexibility index (Phi) is 5.50. The Hall–Kier alpha value is -2.19. The highest BCUT2D eigenvalue weighted by molar-refractivity contribution is 8.18. The summed E-state index contributed by atoms with van der Waals surface area (Å²) in [6.45, 7) is 3.16. The van der Waals surface area contributed by atoms with E-state index in [1.54, 1.807) is 18.2 Å². The summed E-state index contributed by atoms with van der Waals surface area (Å²) in [6, 6.07) is 5.90. The fourth-order valence-electron chi connectivity index (χ4n) is 2.96. The Morgan fingerprint density at radius 1 is 1.08 bits per heavy atom. The minimum atomic E-state index is -0.474. The average Bonchev–Trinajstić information content (AvgIpc) is 2.88. The highest BCUT2D eigenvalue weighted by Gasteiger charge is 2.35. The van der Waals surface area contributed by atoms with Gasteiger partial charge in [-0.05, 0) is 61.5 Å². The van der Waals surface area contributed by atoms with Crippen LogP contribution in [0.15, 0.2) is 29.2 Å². The van der Waals surface area contributed by atoms with Gasteiger partial charge in [-0.25, -0.2) is 0 Å². The van der Waals surface area contributed by atoms with E-state index in [0.717, 1.165) is 24.9 Å². The molecule has 0 unspecified atom stereocenters. The first-order valence-corrected chi connectivity index (χ1v) is 9.08. The highest BCUT2D eigenvalue weighted by Crippen LogP contribution is 2.32. The molecule has 3 rings (SSSR count). The molecule has 2 fully saturated rings. The minimum absolute atomic E-state index is 0.00761. The van der Waals surface area contributed by atoms with E-state index in [4.69, 9.17) is 0 Å². The van der Waals surface area contributed by atoms with Crippen LogP contribution >= 0.6 is 11.8 Å². The fourth-order valence-corrected chi connectivity index (χ4v) is 3.83. The van der Waals surface area contributed by atoms with Gasteiger partial charge < -0.3 is 4.90 Å². The standard InChI is InChI=1S/C17H19N3O4S/c21-16-15(12-13-4-6-14(7-5-13)20(23)24)25-17(22)19(16)11-10-18-8-2-1-3-9-18/h4-7,12H,1-3,8-11H2/b15-12-. The van der Waals surface area contributed by atoms with Crippen LogP contribution in [0.5, 0.6) is 0 Å². The summed E-state index contributed by atoms with van der Waals surface area (Å²) >= 11 is 0.920.